The van der Waals surface area contributed by atoms with Crippen LogP contribution in [0.3, 0.4) is 0 Å². The van der Waals surface area contributed by atoms with Gasteiger partial charge in [0, 0.05) is 25.2 Å². The van der Waals surface area contributed by atoms with Crippen molar-refractivity contribution in [2.45, 2.75) is 52.6 Å². The Bertz CT molecular complexity index is 154. The lowest BCUT2D eigenvalue weighted by Crippen LogP contribution is -2.57. The summed E-state index contributed by atoms with van der Waals surface area (Å²) < 4.78 is 0. The molecular formula is C12H26N2. The van der Waals surface area contributed by atoms with Gasteiger partial charge in [0.15, 0.2) is 0 Å². The molecule has 0 spiro atoms. The van der Waals surface area contributed by atoms with E-state index in [-0.39, 0.29) is 0 Å². The average Bonchev–Trinajstić information content (AvgIpc) is 2.20. The Morgan fingerprint density at radius 1 is 1.43 bits per heavy atom. The lowest BCUT2D eigenvalue weighted by molar-refractivity contribution is 0.119. The first-order valence-corrected chi connectivity index (χ1v) is 6.16. The average molecular weight is 198 g/mol. The Morgan fingerprint density at radius 3 is 2.71 bits per heavy atom. The quantitative estimate of drug-likeness (QED) is 0.744. The van der Waals surface area contributed by atoms with Crippen molar-refractivity contribution in [2.24, 2.45) is 5.92 Å². The molecule has 0 aromatic heterocycles. The molecule has 1 fully saturated rings. The fourth-order valence-corrected chi connectivity index (χ4v) is 2.21. The zero-order chi connectivity index (χ0) is 10.6. The Kier molecular flexibility index (Phi) is 4.90. The van der Waals surface area contributed by atoms with Gasteiger partial charge in [0.25, 0.3) is 0 Å². The van der Waals surface area contributed by atoms with Crippen molar-refractivity contribution in [3.05, 3.63) is 0 Å². The number of hydrogen-bond acceptors (Lipinski definition) is 2. The maximum absolute atomic E-state index is 3.67. The van der Waals surface area contributed by atoms with Crippen molar-refractivity contribution in [2.75, 3.05) is 19.6 Å². The van der Waals surface area contributed by atoms with E-state index >= 15 is 0 Å². The van der Waals surface area contributed by atoms with Crippen molar-refractivity contribution < 1.29 is 0 Å². The van der Waals surface area contributed by atoms with Gasteiger partial charge in [0.2, 0.25) is 0 Å². The van der Waals surface area contributed by atoms with Crippen LogP contribution in [0.1, 0.15) is 40.5 Å². The molecule has 0 aromatic carbocycles. The van der Waals surface area contributed by atoms with Crippen molar-refractivity contribution >= 4 is 0 Å². The number of nitrogens with one attached hydrogen (secondary N) is 1. The van der Waals surface area contributed by atoms with E-state index in [1.165, 1.54) is 25.9 Å². The Balaban J connectivity index is 2.44. The molecule has 0 bridgehead atoms. The summed E-state index contributed by atoms with van der Waals surface area (Å²) in [5, 5.41) is 3.67. The third kappa shape index (κ3) is 2.96. The normalized spacial score (nSPS) is 31.7. The van der Waals surface area contributed by atoms with Gasteiger partial charge in [0.1, 0.15) is 0 Å². The monoisotopic (exact) mass is 198 g/mol. The van der Waals surface area contributed by atoms with Gasteiger partial charge in [-0.25, -0.2) is 0 Å². The topological polar surface area (TPSA) is 15.3 Å². The Labute approximate surface area is 89.1 Å². The lowest BCUT2D eigenvalue weighted by atomic mass is 9.95. The van der Waals surface area contributed by atoms with Crippen molar-refractivity contribution in [3.8, 4) is 0 Å². The van der Waals surface area contributed by atoms with Gasteiger partial charge in [-0.15, -0.1) is 0 Å². The highest BCUT2D eigenvalue weighted by molar-refractivity contribution is 4.85. The fraction of sp³-hybridized carbons (Fsp3) is 1.00. The largest absolute Gasteiger partial charge is 0.311 e. The molecular weight excluding hydrogens is 172 g/mol. The van der Waals surface area contributed by atoms with Gasteiger partial charge in [-0.3, -0.25) is 4.90 Å². The van der Waals surface area contributed by atoms with Crippen molar-refractivity contribution in [1.29, 1.82) is 0 Å². The Hall–Kier alpha value is -0.0800. The summed E-state index contributed by atoms with van der Waals surface area (Å²) in [6.45, 7) is 12.9. The second kappa shape index (κ2) is 5.72. The molecule has 1 N–H and O–H groups in total. The smallest absolute Gasteiger partial charge is 0.0221 e. The summed E-state index contributed by atoms with van der Waals surface area (Å²) in [5.74, 6) is 0.807. The molecule has 3 unspecified atom stereocenters. The molecule has 1 aliphatic heterocycles. The van der Waals surface area contributed by atoms with E-state index in [4.69, 9.17) is 0 Å². The zero-order valence-electron chi connectivity index (χ0n) is 10.2. The maximum atomic E-state index is 3.67. The van der Waals surface area contributed by atoms with Gasteiger partial charge in [0.05, 0.1) is 0 Å². The highest BCUT2D eigenvalue weighted by Crippen LogP contribution is 2.15. The van der Waals surface area contributed by atoms with Crippen LogP contribution in [0.15, 0.2) is 0 Å². The Morgan fingerprint density at radius 2 is 2.14 bits per heavy atom. The SMILES string of the molecule is CCCN1CC(C(C)CC)NCC1C. The van der Waals surface area contributed by atoms with E-state index in [0.29, 0.717) is 6.04 Å². The van der Waals surface area contributed by atoms with Crippen LogP contribution in [0.25, 0.3) is 0 Å². The highest BCUT2D eigenvalue weighted by Gasteiger charge is 2.26. The lowest BCUT2D eigenvalue weighted by Gasteiger charge is -2.40. The summed E-state index contributed by atoms with van der Waals surface area (Å²) in [5.41, 5.74) is 0. The molecule has 2 heteroatoms. The van der Waals surface area contributed by atoms with E-state index in [1.54, 1.807) is 0 Å². The van der Waals surface area contributed by atoms with Crippen LogP contribution in [0.2, 0.25) is 0 Å². The van der Waals surface area contributed by atoms with Crippen LogP contribution in [0.4, 0.5) is 0 Å². The van der Waals surface area contributed by atoms with Gasteiger partial charge in [-0.2, -0.15) is 0 Å². The van der Waals surface area contributed by atoms with E-state index < -0.39 is 0 Å². The molecule has 84 valence electrons. The van der Waals surface area contributed by atoms with Crippen LogP contribution in [-0.2, 0) is 0 Å². The molecule has 2 nitrogen and oxygen atoms in total. The van der Waals surface area contributed by atoms with Crippen LogP contribution in [0.5, 0.6) is 0 Å². The minimum atomic E-state index is 0.711. The second-order valence-electron chi connectivity index (χ2n) is 4.74. The van der Waals surface area contributed by atoms with Crippen LogP contribution >= 0.6 is 0 Å². The molecule has 1 saturated heterocycles. The van der Waals surface area contributed by atoms with Gasteiger partial charge in [-0.05, 0) is 25.8 Å². The predicted molar refractivity (Wildman–Crippen MR) is 62.6 cm³/mol. The predicted octanol–water partition coefficient (Wildman–Crippen LogP) is 2.10. The molecule has 14 heavy (non-hydrogen) atoms. The minimum Gasteiger partial charge on any atom is -0.311 e. The molecule has 3 atom stereocenters. The zero-order valence-corrected chi connectivity index (χ0v) is 10.2. The molecule has 1 rings (SSSR count). The van der Waals surface area contributed by atoms with Crippen LogP contribution < -0.4 is 5.32 Å². The molecule has 0 aliphatic carbocycles. The summed E-state index contributed by atoms with van der Waals surface area (Å²) >= 11 is 0. The van der Waals surface area contributed by atoms with Crippen LogP contribution in [0, 0.1) is 5.92 Å². The molecule has 0 aromatic rings. The fourth-order valence-electron chi connectivity index (χ4n) is 2.21. The summed E-state index contributed by atoms with van der Waals surface area (Å²) in [6, 6.07) is 1.43. The van der Waals surface area contributed by atoms with Crippen LogP contribution in [-0.4, -0.2) is 36.6 Å². The van der Waals surface area contributed by atoms with Gasteiger partial charge in [-0.1, -0.05) is 27.2 Å². The molecule has 1 heterocycles. The highest BCUT2D eigenvalue weighted by atomic mass is 15.2. The third-order valence-corrected chi connectivity index (χ3v) is 3.57. The number of rotatable bonds is 4. The van der Waals surface area contributed by atoms with Gasteiger partial charge >= 0.3 is 0 Å². The second-order valence-corrected chi connectivity index (χ2v) is 4.74. The minimum absolute atomic E-state index is 0.711. The maximum Gasteiger partial charge on any atom is 0.0221 e. The number of hydrogen-bond donors (Lipinski definition) is 1. The third-order valence-electron chi connectivity index (χ3n) is 3.57. The van der Waals surface area contributed by atoms with E-state index in [0.717, 1.165) is 18.5 Å². The standard InChI is InChI=1S/C12H26N2/c1-5-7-14-9-12(10(3)6-2)13-8-11(14)4/h10-13H,5-9H2,1-4H3. The first kappa shape index (κ1) is 12.0. The first-order valence-electron chi connectivity index (χ1n) is 6.16. The molecule has 1 aliphatic rings. The first-order chi connectivity index (χ1) is 6.69. The number of nitrogens with zero attached hydrogens (tertiary/aromatic N) is 1. The summed E-state index contributed by atoms with van der Waals surface area (Å²) in [7, 11) is 0. The molecule has 0 radical (unpaired) electrons. The molecule has 0 saturated carbocycles. The molecule has 0 amide bonds. The van der Waals surface area contributed by atoms with Crippen molar-refractivity contribution in [3.63, 3.8) is 0 Å². The van der Waals surface area contributed by atoms with E-state index in [9.17, 15) is 0 Å². The number of piperazine rings is 1. The van der Waals surface area contributed by atoms with E-state index in [2.05, 4.69) is 37.9 Å². The van der Waals surface area contributed by atoms with E-state index in [1.807, 2.05) is 0 Å². The van der Waals surface area contributed by atoms with Crippen molar-refractivity contribution in [1.82, 2.24) is 10.2 Å². The van der Waals surface area contributed by atoms with Gasteiger partial charge < -0.3 is 5.32 Å². The summed E-state index contributed by atoms with van der Waals surface area (Å²) in [6.07, 6.45) is 2.56. The summed E-state index contributed by atoms with van der Waals surface area (Å²) in [4.78, 5) is 2.63.